The zero-order valence-corrected chi connectivity index (χ0v) is 20.6. The second-order valence-corrected chi connectivity index (χ2v) is 12.6. The van der Waals surface area contributed by atoms with Crippen molar-refractivity contribution in [2.75, 3.05) is 21.3 Å². The van der Waals surface area contributed by atoms with Gasteiger partial charge in [0, 0.05) is 44.8 Å². The first kappa shape index (κ1) is 23.2. The minimum atomic E-state index is -2.57. The molecule has 1 heterocycles. The Bertz CT molecular complexity index is 682. The predicted octanol–water partition coefficient (Wildman–Crippen LogP) is 5.87. The molecule has 0 atom stereocenters. The van der Waals surface area contributed by atoms with Gasteiger partial charge in [0.1, 0.15) is 5.75 Å². The minimum Gasteiger partial charge on any atom is -0.461 e. The Hall–Kier alpha value is -0.923. The lowest BCUT2D eigenvalue weighted by Crippen LogP contribution is -2.55. The van der Waals surface area contributed by atoms with Gasteiger partial charge in [-0.25, -0.2) is 0 Å². The van der Waals surface area contributed by atoms with E-state index in [0.29, 0.717) is 18.4 Å². The van der Waals surface area contributed by atoms with E-state index in [-0.39, 0.29) is 0 Å². The second-order valence-electron chi connectivity index (χ2n) is 9.52. The van der Waals surface area contributed by atoms with Gasteiger partial charge in [-0.3, -0.25) is 0 Å². The highest BCUT2D eigenvalue weighted by Crippen LogP contribution is 2.49. The first-order chi connectivity index (χ1) is 15.1. The Balaban J connectivity index is 1.52. The summed E-state index contributed by atoms with van der Waals surface area (Å²) in [7, 11) is 2.45. The van der Waals surface area contributed by atoms with Crippen LogP contribution < -0.4 is 4.74 Å². The van der Waals surface area contributed by atoms with Crippen LogP contribution in [0.2, 0.25) is 6.04 Å². The van der Waals surface area contributed by atoms with Crippen LogP contribution in [0, 0.1) is 11.8 Å². The van der Waals surface area contributed by atoms with Crippen LogP contribution in [0.5, 0.6) is 5.75 Å². The lowest BCUT2D eigenvalue weighted by molar-refractivity contribution is -0.278. The van der Waals surface area contributed by atoms with E-state index in [1.165, 1.54) is 75.3 Å². The van der Waals surface area contributed by atoms with Gasteiger partial charge in [0.05, 0.1) is 6.61 Å². The summed E-state index contributed by atoms with van der Waals surface area (Å²) in [4.78, 5) is 0. The normalized spacial score (nSPS) is 22.7. The van der Waals surface area contributed by atoms with Crippen molar-refractivity contribution in [3.05, 3.63) is 29.3 Å². The smallest absolute Gasteiger partial charge is 0.461 e. The van der Waals surface area contributed by atoms with Crippen LogP contribution in [0.15, 0.2) is 18.2 Å². The standard InChI is InChI=1S/C25H40O5Si/c1-26-31(27-2,28-3)17-16-20-14-15-24-21(18-20)19-29-25(30-24,22-10-6-4-7-11-22)23-12-8-5-9-13-23/h14-15,18,22-23H,4-13,16-17,19H2,1-3H3. The van der Waals surface area contributed by atoms with Gasteiger partial charge in [-0.15, -0.1) is 0 Å². The fourth-order valence-corrected chi connectivity index (χ4v) is 7.70. The number of ether oxygens (including phenoxy) is 2. The van der Waals surface area contributed by atoms with E-state index in [1.54, 1.807) is 21.3 Å². The molecule has 1 aromatic carbocycles. The average molecular weight is 449 g/mol. The number of aryl methyl sites for hydroxylation is 1. The van der Waals surface area contributed by atoms with Gasteiger partial charge in [0.2, 0.25) is 5.79 Å². The van der Waals surface area contributed by atoms with Crippen LogP contribution in [0.1, 0.15) is 75.3 Å². The molecule has 2 fully saturated rings. The van der Waals surface area contributed by atoms with Crippen molar-refractivity contribution in [2.24, 2.45) is 11.8 Å². The summed E-state index contributed by atoms with van der Waals surface area (Å²) in [6.45, 7) is 0.650. The van der Waals surface area contributed by atoms with Crippen LogP contribution >= 0.6 is 0 Å². The largest absolute Gasteiger partial charge is 0.500 e. The molecule has 5 nitrogen and oxygen atoms in total. The van der Waals surface area contributed by atoms with Gasteiger partial charge in [-0.1, -0.05) is 44.6 Å². The van der Waals surface area contributed by atoms with Gasteiger partial charge < -0.3 is 22.8 Å². The number of rotatable bonds is 8. The molecule has 0 unspecified atom stereocenters. The third-order valence-electron chi connectivity index (χ3n) is 7.85. The van der Waals surface area contributed by atoms with E-state index in [9.17, 15) is 0 Å². The van der Waals surface area contributed by atoms with Gasteiger partial charge >= 0.3 is 8.80 Å². The first-order valence-electron chi connectivity index (χ1n) is 12.2. The van der Waals surface area contributed by atoms with Crippen LogP contribution in [0.3, 0.4) is 0 Å². The van der Waals surface area contributed by atoms with Crippen molar-refractivity contribution in [1.82, 2.24) is 0 Å². The van der Waals surface area contributed by atoms with Crippen LogP contribution in [0.25, 0.3) is 0 Å². The third-order valence-corrected chi connectivity index (χ3v) is 10.6. The highest BCUT2D eigenvalue weighted by Gasteiger charge is 2.51. The predicted molar refractivity (Wildman–Crippen MR) is 123 cm³/mol. The topological polar surface area (TPSA) is 46.2 Å². The van der Waals surface area contributed by atoms with Gasteiger partial charge in [-0.05, 0) is 49.8 Å². The molecule has 2 saturated carbocycles. The molecule has 2 aliphatic carbocycles. The number of benzene rings is 1. The molecule has 3 aliphatic rings. The molecule has 1 aliphatic heterocycles. The molecule has 0 spiro atoms. The van der Waals surface area contributed by atoms with Crippen molar-refractivity contribution >= 4 is 8.80 Å². The molecule has 6 heteroatoms. The van der Waals surface area contributed by atoms with Crippen molar-refractivity contribution in [1.29, 1.82) is 0 Å². The molecule has 1 aromatic rings. The second kappa shape index (κ2) is 10.3. The molecule has 0 amide bonds. The maximum absolute atomic E-state index is 6.87. The molecule has 31 heavy (non-hydrogen) atoms. The highest BCUT2D eigenvalue weighted by atomic mass is 28.4. The molecule has 0 saturated heterocycles. The van der Waals surface area contributed by atoms with Crippen molar-refractivity contribution < 1.29 is 22.8 Å². The Morgan fingerprint density at radius 1 is 0.871 bits per heavy atom. The Morgan fingerprint density at radius 3 is 2.00 bits per heavy atom. The van der Waals surface area contributed by atoms with Crippen molar-refractivity contribution in [2.45, 2.75) is 89.1 Å². The summed E-state index contributed by atoms with van der Waals surface area (Å²) in [6, 6.07) is 7.35. The fraction of sp³-hybridized carbons (Fsp3) is 0.760. The van der Waals surface area contributed by atoms with E-state index >= 15 is 0 Å². The fourth-order valence-electron chi connectivity index (χ4n) is 5.99. The minimum absolute atomic E-state index is 0.417. The maximum Gasteiger partial charge on any atom is 0.500 e. The zero-order chi connectivity index (χ0) is 21.7. The molecular weight excluding hydrogens is 408 g/mol. The Morgan fingerprint density at radius 2 is 1.45 bits per heavy atom. The first-order valence-corrected chi connectivity index (χ1v) is 14.2. The highest BCUT2D eigenvalue weighted by molar-refractivity contribution is 6.60. The Labute approximate surface area is 189 Å². The monoisotopic (exact) mass is 448 g/mol. The summed E-state index contributed by atoms with van der Waals surface area (Å²) in [5.41, 5.74) is 2.41. The summed E-state index contributed by atoms with van der Waals surface area (Å²) in [5.74, 6) is 1.65. The maximum atomic E-state index is 6.87. The van der Waals surface area contributed by atoms with Crippen LogP contribution in [0.4, 0.5) is 0 Å². The van der Waals surface area contributed by atoms with E-state index in [0.717, 1.165) is 18.2 Å². The molecular formula is C25H40O5Si. The van der Waals surface area contributed by atoms with E-state index in [1.807, 2.05) is 0 Å². The van der Waals surface area contributed by atoms with Crippen LogP contribution in [-0.2, 0) is 31.0 Å². The lowest BCUT2D eigenvalue weighted by atomic mass is 9.72. The molecule has 0 radical (unpaired) electrons. The van der Waals surface area contributed by atoms with E-state index < -0.39 is 14.6 Å². The SMILES string of the molecule is CO[Si](CCc1ccc2c(c1)COC(C1CCCCC1)(C1CCCCC1)O2)(OC)OC. The lowest BCUT2D eigenvalue weighted by Gasteiger charge is -2.50. The molecule has 174 valence electrons. The molecule has 0 N–H and O–H groups in total. The summed E-state index contributed by atoms with van der Waals surface area (Å²) in [5, 5.41) is 0. The number of fused-ring (bicyclic) bond motifs is 1. The average Bonchev–Trinajstić information content (AvgIpc) is 2.86. The van der Waals surface area contributed by atoms with Crippen molar-refractivity contribution in [3.63, 3.8) is 0 Å². The van der Waals surface area contributed by atoms with Crippen molar-refractivity contribution in [3.8, 4) is 5.75 Å². The van der Waals surface area contributed by atoms with Gasteiger partial charge in [0.25, 0.3) is 0 Å². The zero-order valence-electron chi connectivity index (χ0n) is 19.6. The summed E-state index contributed by atoms with van der Waals surface area (Å²) < 4.78 is 30.4. The molecule has 0 bridgehead atoms. The van der Waals surface area contributed by atoms with E-state index in [2.05, 4.69) is 18.2 Å². The number of hydrogen-bond acceptors (Lipinski definition) is 5. The van der Waals surface area contributed by atoms with E-state index in [4.69, 9.17) is 22.8 Å². The summed E-state index contributed by atoms with van der Waals surface area (Å²) >= 11 is 0. The van der Waals surface area contributed by atoms with Crippen LogP contribution in [-0.4, -0.2) is 35.9 Å². The summed E-state index contributed by atoms with van der Waals surface area (Å²) in [6.07, 6.45) is 13.7. The Kier molecular flexibility index (Phi) is 7.75. The molecule has 0 aromatic heterocycles. The number of hydrogen-bond donors (Lipinski definition) is 0. The van der Waals surface area contributed by atoms with Gasteiger partial charge in [0.15, 0.2) is 0 Å². The quantitative estimate of drug-likeness (QED) is 0.465. The molecule has 4 rings (SSSR count). The third kappa shape index (κ3) is 4.88. The van der Waals surface area contributed by atoms with Gasteiger partial charge in [-0.2, -0.15) is 0 Å².